The van der Waals surface area contributed by atoms with Gasteiger partial charge in [-0.15, -0.1) is 10.2 Å². The molecule has 25 heavy (non-hydrogen) atoms. The van der Waals surface area contributed by atoms with Crippen molar-refractivity contribution in [2.24, 2.45) is 0 Å². The van der Waals surface area contributed by atoms with E-state index in [9.17, 15) is 0 Å². The average Bonchev–Trinajstić information content (AvgIpc) is 3.27. The Balaban J connectivity index is 1.54. The highest BCUT2D eigenvalue weighted by atomic mass is 16.5. The smallest absolute Gasteiger partial charge is 0.257 e. The Morgan fingerprint density at radius 1 is 1.16 bits per heavy atom. The standard InChI is InChI=1S/C18H16N4O3/c1-3-12-6-4-5-7-15(12)23-10-16-20-21-17(24-16)13-8-14-11(2)22-25-18(14)19-9-13/h4-9H,3,10H2,1-2H3. The molecule has 0 spiro atoms. The van der Waals surface area contributed by atoms with Crippen LogP contribution in [0.25, 0.3) is 22.6 Å². The van der Waals surface area contributed by atoms with Crippen LogP contribution in [0, 0.1) is 6.92 Å². The predicted octanol–water partition coefficient (Wildman–Crippen LogP) is 3.72. The number of para-hydroxylation sites is 1. The zero-order chi connectivity index (χ0) is 17.2. The molecule has 4 aromatic rings. The lowest BCUT2D eigenvalue weighted by atomic mass is 10.1. The number of fused-ring (bicyclic) bond motifs is 1. The predicted molar refractivity (Wildman–Crippen MR) is 90.0 cm³/mol. The molecule has 7 heteroatoms. The normalized spacial score (nSPS) is 11.1. The third kappa shape index (κ3) is 2.96. The van der Waals surface area contributed by atoms with Gasteiger partial charge in [-0.3, -0.25) is 0 Å². The first-order valence-corrected chi connectivity index (χ1v) is 8.00. The Kier molecular flexibility index (Phi) is 3.89. The van der Waals surface area contributed by atoms with E-state index in [1.165, 1.54) is 0 Å². The summed E-state index contributed by atoms with van der Waals surface area (Å²) < 4.78 is 16.6. The van der Waals surface area contributed by atoms with Crippen molar-refractivity contribution in [2.75, 3.05) is 0 Å². The van der Waals surface area contributed by atoms with Gasteiger partial charge in [0.25, 0.3) is 11.6 Å². The largest absolute Gasteiger partial charge is 0.484 e. The van der Waals surface area contributed by atoms with E-state index < -0.39 is 0 Å². The van der Waals surface area contributed by atoms with E-state index >= 15 is 0 Å². The maximum Gasteiger partial charge on any atom is 0.257 e. The van der Waals surface area contributed by atoms with Crippen molar-refractivity contribution in [1.82, 2.24) is 20.3 Å². The Hall–Kier alpha value is -3.22. The second kappa shape index (κ2) is 6.35. The zero-order valence-electron chi connectivity index (χ0n) is 13.9. The quantitative estimate of drug-likeness (QED) is 0.549. The molecular formula is C18H16N4O3. The van der Waals surface area contributed by atoms with Crippen LogP contribution in [0.3, 0.4) is 0 Å². The van der Waals surface area contributed by atoms with Crippen molar-refractivity contribution in [3.8, 4) is 17.2 Å². The average molecular weight is 336 g/mol. The van der Waals surface area contributed by atoms with Crippen LogP contribution >= 0.6 is 0 Å². The van der Waals surface area contributed by atoms with Gasteiger partial charge in [-0.1, -0.05) is 30.3 Å². The first-order valence-electron chi connectivity index (χ1n) is 8.00. The zero-order valence-corrected chi connectivity index (χ0v) is 13.9. The number of ether oxygens (including phenoxy) is 1. The molecule has 0 aliphatic heterocycles. The highest BCUT2D eigenvalue weighted by Crippen LogP contribution is 2.24. The van der Waals surface area contributed by atoms with Crippen molar-refractivity contribution >= 4 is 11.1 Å². The van der Waals surface area contributed by atoms with Gasteiger partial charge in [0.1, 0.15) is 5.75 Å². The van der Waals surface area contributed by atoms with Crippen LogP contribution in [0.15, 0.2) is 45.5 Å². The molecule has 0 fully saturated rings. The summed E-state index contributed by atoms with van der Waals surface area (Å²) in [6, 6.07) is 9.78. The second-order valence-electron chi connectivity index (χ2n) is 5.60. The van der Waals surface area contributed by atoms with Gasteiger partial charge in [-0.25, -0.2) is 4.98 Å². The molecule has 3 aromatic heterocycles. The van der Waals surface area contributed by atoms with Crippen molar-refractivity contribution in [3.05, 3.63) is 53.7 Å². The first-order chi connectivity index (χ1) is 12.2. The summed E-state index contributed by atoms with van der Waals surface area (Å²) in [5.41, 5.74) is 3.11. The third-order valence-corrected chi connectivity index (χ3v) is 3.93. The fourth-order valence-electron chi connectivity index (χ4n) is 2.57. The minimum absolute atomic E-state index is 0.214. The van der Waals surface area contributed by atoms with Gasteiger partial charge >= 0.3 is 0 Å². The number of nitrogens with zero attached hydrogens (tertiary/aromatic N) is 4. The minimum Gasteiger partial charge on any atom is -0.484 e. The third-order valence-electron chi connectivity index (χ3n) is 3.93. The van der Waals surface area contributed by atoms with Crippen molar-refractivity contribution in [2.45, 2.75) is 26.9 Å². The molecule has 0 saturated heterocycles. The summed E-state index contributed by atoms with van der Waals surface area (Å²) in [7, 11) is 0. The Morgan fingerprint density at radius 2 is 2.04 bits per heavy atom. The maximum absolute atomic E-state index is 5.80. The number of pyridine rings is 1. The van der Waals surface area contributed by atoms with Crippen LogP contribution < -0.4 is 4.74 Å². The Bertz CT molecular complexity index is 1020. The van der Waals surface area contributed by atoms with E-state index in [1.54, 1.807) is 6.20 Å². The van der Waals surface area contributed by atoms with Crippen LogP contribution in [-0.2, 0) is 13.0 Å². The minimum atomic E-state index is 0.214. The van der Waals surface area contributed by atoms with Crippen molar-refractivity contribution in [1.29, 1.82) is 0 Å². The summed E-state index contributed by atoms with van der Waals surface area (Å²) in [4.78, 5) is 4.22. The number of hydrogen-bond acceptors (Lipinski definition) is 7. The van der Waals surface area contributed by atoms with Crippen molar-refractivity contribution in [3.63, 3.8) is 0 Å². The molecule has 0 unspecified atom stereocenters. The van der Waals surface area contributed by atoms with Gasteiger partial charge in [0, 0.05) is 6.20 Å². The van der Waals surface area contributed by atoms with E-state index in [4.69, 9.17) is 13.7 Å². The van der Waals surface area contributed by atoms with Crippen LogP contribution in [-0.4, -0.2) is 20.3 Å². The SMILES string of the molecule is CCc1ccccc1OCc1nnc(-c2cnc3onc(C)c3c2)o1. The number of aromatic nitrogens is 4. The van der Waals surface area contributed by atoms with Crippen LogP contribution in [0.1, 0.15) is 24.1 Å². The number of aryl methyl sites for hydroxylation is 2. The molecule has 3 heterocycles. The lowest BCUT2D eigenvalue weighted by Gasteiger charge is -2.07. The molecule has 0 aliphatic rings. The summed E-state index contributed by atoms with van der Waals surface area (Å²) in [6.45, 7) is 4.16. The van der Waals surface area contributed by atoms with Gasteiger partial charge in [0.05, 0.1) is 16.6 Å². The molecule has 126 valence electrons. The first kappa shape index (κ1) is 15.3. The van der Waals surface area contributed by atoms with Crippen LogP contribution in [0.4, 0.5) is 0 Å². The number of rotatable bonds is 5. The summed E-state index contributed by atoms with van der Waals surface area (Å²) >= 11 is 0. The molecule has 0 amide bonds. The highest BCUT2D eigenvalue weighted by Gasteiger charge is 2.13. The molecule has 0 bridgehead atoms. The van der Waals surface area contributed by atoms with E-state index in [2.05, 4.69) is 27.3 Å². The van der Waals surface area contributed by atoms with E-state index in [0.29, 0.717) is 23.1 Å². The Morgan fingerprint density at radius 3 is 2.92 bits per heavy atom. The second-order valence-corrected chi connectivity index (χ2v) is 5.60. The summed E-state index contributed by atoms with van der Waals surface area (Å²) in [5.74, 6) is 1.62. The monoisotopic (exact) mass is 336 g/mol. The van der Waals surface area contributed by atoms with Crippen molar-refractivity contribution < 1.29 is 13.7 Å². The molecule has 1 aromatic carbocycles. The van der Waals surface area contributed by atoms with Gasteiger partial charge in [0.15, 0.2) is 6.61 Å². The number of benzene rings is 1. The molecule has 7 nitrogen and oxygen atoms in total. The van der Waals surface area contributed by atoms with Gasteiger partial charge in [-0.05, 0) is 31.0 Å². The summed E-state index contributed by atoms with van der Waals surface area (Å²) in [6.07, 6.45) is 2.52. The number of hydrogen-bond donors (Lipinski definition) is 0. The molecule has 0 aliphatic carbocycles. The lowest BCUT2D eigenvalue weighted by Crippen LogP contribution is -1.98. The Labute approximate surface area is 143 Å². The fourth-order valence-corrected chi connectivity index (χ4v) is 2.57. The maximum atomic E-state index is 5.80. The topological polar surface area (TPSA) is 87.1 Å². The molecule has 4 rings (SSSR count). The van der Waals surface area contributed by atoms with Crippen LogP contribution in [0.2, 0.25) is 0 Å². The van der Waals surface area contributed by atoms with Gasteiger partial charge in [-0.2, -0.15) is 0 Å². The van der Waals surface area contributed by atoms with E-state index in [1.807, 2.05) is 37.3 Å². The molecule has 0 N–H and O–H groups in total. The molecular weight excluding hydrogens is 320 g/mol. The molecule has 0 radical (unpaired) electrons. The van der Waals surface area contributed by atoms with Gasteiger partial charge in [0.2, 0.25) is 5.89 Å². The fraction of sp³-hybridized carbons (Fsp3) is 0.222. The molecule has 0 atom stereocenters. The van der Waals surface area contributed by atoms with E-state index in [-0.39, 0.29) is 6.61 Å². The van der Waals surface area contributed by atoms with Gasteiger partial charge < -0.3 is 13.7 Å². The van der Waals surface area contributed by atoms with E-state index in [0.717, 1.165) is 28.8 Å². The highest BCUT2D eigenvalue weighted by molar-refractivity contribution is 5.79. The molecule has 0 saturated carbocycles. The summed E-state index contributed by atoms with van der Waals surface area (Å²) in [5, 5.41) is 12.8. The van der Waals surface area contributed by atoms with Crippen LogP contribution in [0.5, 0.6) is 5.75 Å². The lowest BCUT2D eigenvalue weighted by molar-refractivity contribution is 0.262.